The number of rotatable bonds is 7. The number of aromatic nitrogens is 4. The zero-order chi connectivity index (χ0) is 41.0. The van der Waals surface area contributed by atoms with E-state index in [1.54, 1.807) is 11.3 Å². The highest BCUT2D eigenvalue weighted by Crippen LogP contribution is 2.42. The van der Waals surface area contributed by atoms with Crippen molar-refractivity contribution in [2.45, 2.75) is 0 Å². The first-order valence-corrected chi connectivity index (χ1v) is 21.7. The minimum absolute atomic E-state index is 0.630. The normalized spacial score (nSPS) is 11.5. The van der Waals surface area contributed by atoms with Gasteiger partial charge in [-0.3, -0.25) is 0 Å². The molecule has 0 fully saturated rings. The van der Waals surface area contributed by atoms with Gasteiger partial charge in [-0.2, -0.15) is 0 Å². The van der Waals surface area contributed by atoms with E-state index in [0.717, 1.165) is 55.3 Å². The van der Waals surface area contributed by atoms with Gasteiger partial charge in [0.1, 0.15) is 0 Å². The quantitative estimate of drug-likeness (QED) is 0.161. The van der Waals surface area contributed by atoms with E-state index in [1.807, 2.05) is 0 Å². The van der Waals surface area contributed by atoms with Gasteiger partial charge in [-0.25, -0.2) is 15.0 Å². The first-order chi connectivity index (χ1) is 30.7. The molecule has 290 valence electrons. The molecule has 62 heavy (non-hydrogen) atoms. The van der Waals surface area contributed by atoms with Crippen LogP contribution in [-0.4, -0.2) is 19.5 Å². The highest BCUT2D eigenvalue weighted by Gasteiger charge is 2.21. The van der Waals surface area contributed by atoms with Crippen LogP contribution in [0.5, 0.6) is 0 Å². The maximum atomic E-state index is 5.36. The Labute approximate surface area is 362 Å². The number of thiophene rings is 1. The highest BCUT2D eigenvalue weighted by molar-refractivity contribution is 7.26. The van der Waals surface area contributed by atoms with Crippen molar-refractivity contribution < 1.29 is 0 Å². The first-order valence-electron chi connectivity index (χ1n) is 20.8. The van der Waals surface area contributed by atoms with Crippen molar-refractivity contribution in [2.75, 3.05) is 0 Å². The van der Waals surface area contributed by atoms with E-state index in [1.165, 1.54) is 42.4 Å². The number of para-hydroxylation sites is 2. The van der Waals surface area contributed by atoms with Crippen molar-refractivity contribution in [3.63, 3.8) is 0 Å². The van der Waals surface area contributed by atoms with Gasteiger partial charge in [0.15, 0.2) is 17.5 Å². The lowest BCUT2D eigenvalue weighted by molar-refractivity contribution is 1.08. The fraction of sp³-hybridized carbons (Fsp3) is 0. The molecule has 12 rings (SSSR count). The molecule has 0 saturated carbocycles. The SMILES string of the molecule is c1ccc(-c2cccc(-c3cccc(-c4ccc(-c5nc(-c6cccc7c6sc6ccccc67)nc(-c6cccc7c6c6ccccc6n7-c6ccccc6)n5)cc4)c3)c2)cc1. The summed E-state index contributed by atoms with van der Waals surface area (Å²) in [6, 6.07) is 77.4. The van der Waals surface area contributed by atoms with Crippen LogP contribution < -0.4 is 0 Å². The van der Waals surface area contributed by atoms with Crippen molar-refractivity contribution >= 4 is 53.3 Å². The number of nitrogens with zero attached hydrogens (tertiary/aromatic N) is 4. The Morgan fingerprint density at radius 1 is 0.323 bits per heavy atom. The van der Waals surface area contributed by atoms with Gasteiger partial charge in [0.2, 0.25) is 0 Å². The summed E-state index contributed by atoms with van der Waals surface area (Å²) in [5.74, 6) is 1.92. The van der Waals surface area contributed by atoms with Crippen LogP contribution in [0, 0.1) is 0 Å². The molecule has 0 unspecified atom stereocenters. The van der Waals surface area contributed by atoms with Crippen molar-refractivity contribution in [1.82, 2.24) is 19.5 Å². The van der Waals surface area contributed by atoms with Gasteiger partial charge in [0, 0.05) is 53.3 Å². The van der Waals surface area contributed by atoms with Crippen LogP contribution >= 0.6 is 11.3 Å². The molecule has 9 aromatic carbocycles. The monoisotopic (exact) mass is 808 g/mol. The summed E-state index contributed by atoms with van der Waals surface area (Å²) in [7, 11) is 0. The summed E-state index contributed by atoms with van der Waals surface area (Å²) in [6.45, 7) is 0. The van der Waals surface area contributed by atoms with Crippen molar-refractivity contribution in [3.8, 4) is 73.2 Å². The van der Waals surface area contributed by atoms with Gasteiger partial charge >= 0.3 is 0 Å². The summed E-state index contributed by atoms with van der Waals surface area (Å²) < 4.78 is 4.75. The minimum atomic E-state index is 0.630. The fourth-order valence-corrected chi connectivity index (χ4v) is 10.1. The smallest absolute Gasteiger partial charge is 0.165 e. The van der Waals surface area contributed by atoms with Crippen LogP contribution in [-0.2, 0) is 0 Å². The summed E-state index contributed by atoms with van der Waals surface area (Å²) in [4.78, 5) is 16.0. The molecule has 12 aromatic rings. The van der Waals surface area contributed by atoms with Crippen molar-refractivity contribution in [2.24, 2.45) is 0 Å². The second-order valence-corrected chi connectivity index (χ2v) is 16.6. The zero-order valence-corrected chi connectivity index (χ0v) is 34.3. The summed E-state index contributed by atoms with van der Waals surface area (Å²) >= 11 is 1.79. The van der Waals surface area contributed by atoms with Gasteiger partial charge in [-0.15, -0.1) is 11.3 Å². The molecular formula is C57H36N4S. The molecule has 0 aliphatic heterocycles. The third-order valence-electron chi connectivity index (χ3n) is 11.9. The molecule has 0 N–H and O–H groups in total. The van der Waals surface area contributed by atoms with E-state index in [0.29, 0.717) is 17.5 Å². The lowest BCUT2D eigenvalue weighted by atomic mass is 9.96. The van der Waals surface area contributed by atoms with Gasteiger partial charge < -0.3 is 4.57 Å². The summed E-state index contributed by atoms with van der Waals surface area (Å²) in [5, 5.41) is 4.71. The second-order valence-electron chi connectivity index (χ2n) is 15.6. The van der Waals surface area contributed by atoms with Crippen LogP contribution in [0.3, 0.4) is 0 Å². The van der Waals surface area contributed by atoms with Crippen LogP contribution in [0.15, 0.2) is 218 Å². The van der Waals surface area contributed by atoms with Crippen LogP contribution in [0.1, 0.15) is 0 Å². The summed E-state index contributed by atoms with van der Waals surface area (Å²) in [5.41, 5.74) is 13.3. The van der Waals surface area contributed by atoms with Crippen LogP contribution in [0.4, 0.5) is 0 Å². The predicted molar refractivity (Wildman–Crippen MR) is 260 cm³/mol. The zero-order valence-electron chi connectivity index (χ0n) is 33.5. The third kappa shape index (κ3) is 6.18. The Morgan fingerprint density at radius 2 is 0.806 bits per heavy atom. The Kier molecular flexibility index (Phi) is 8.65. The van der Waals surface area contributed by atoms with E-state index in [2.05, 4.69) is 223 Å². The molecule has 0 aliphatic carbocycles. The third-order valence-corrected chi connectivity index (χ3v) is 13.1. The van der Waals surface area contributed by atoms with Crippen molar-refractivity contribution in [1.29, 1.82) is 0 Å². The Balaban J connectivity index is 1.00. The topological polar surface area (TPSA) is 43.6 Å². The van der Waals surface area contributed by atoms with E-state index in [4.69, 9.17) is 15.0 Å². The molecule has 3 heterocycles. The molecule has 0 aliphatic rings. The molecule has 0 amide bonds. The predicted octanol–water partition coefficient (Wildman–Crippen LogP) is 15.3. The molecule has 4 nitrogen and oxygen atoms in total. The average Bonchev–Trinajstić information content (AvgIpc) is 3.91. The Morgan fingerprint density at radius 3 is 1.55 bits per heavy atom. The lowest BCUT2D eigenvalue weighted by Gasteiger charge is -2.12. The largest absolute Gasteiger partial charge is 0.309 e. The molecule has 5 heteroatoms. The Hall–Kier alpha value is -7.99. The fourth-order valence-electron chi connectivity index (χ4n) is 8.93. The van der Waals surface area contributed by atoms with E-state index in [9.17, 15) is 0 Å². The Bertz CT molecular complexity index is 3630. The minimum Gasteiger partial charge on any atom is -0.309 e. The molecule has 0 saturated heterocycles. The first kappa shape index (κ1) is 35.9. The van der Waals surface area contributed by atoms with E-state index >= 15 is 0 Å². The van der Waals surface area contributed by atoms with Crippen molar-refractivity contribution in [3.05, 3.63) is 218 Å². The van der Waals surface area contributed by atoms with Gasteiger partial charge in [-0.05, 0) is 81.9 Å². The van der Waals surface area contributed by atoms with Gasteiger partial charge in [-0.1, -0.05) is 170 Å². The number of hydrogen-bond donors (Lipinski definition) is 0. The maximum absolute atomic E-state index is 5.36. The molecule has 3 aromatic heterocycles. The van der Waals surface area contributed by atoms with Gasteiger partial charge in [0.25, 0.3) is 0 Å². The lowest BCUT2D eigenvalue weighted by Crippen LogP contribution is -2.01. The summed E-state index contributed by atoms with van der Waals surface area (Å²) in [6.07, 6.45) is 0. The molecule has 0 radical (unpaired) electrons. The number of hydrogen-bond acceptors (Lipinski definition) is 4. The second kappa shape index (κ2) is 14.9. The van der Waals surface area contributed by atoms with Crippen LogP contribution in [0.25, 0.3) is 115 Å². The van der Waals surface area contributed by atoms with E-state index in [-0.39, 0.29) is 0 Å². The maximum Gasteiger partial charge on any atom is 0.165 e. The van der Waals surface area contributed by atoms with Gasteiger partial charge in [0.05, 0.1) is 11.0 Å². The molecular weight excluding hydrogens is 773 g/mol. The number of benzene rings is 9. The van der Waals surface area contributed by atoms with E-state index < -0.39 is 0 Å². The molecule has 0 atom stereocenters. The number of fused-ring (bicyclic) bond motifs is 6. The standard InChI is InChI=1S/C57H36N4S/c1-3-15-37(16-4-1)40-17-11-19-42(35-40)43-20-12-18-41(36-43)38-31-33-39(34-32-38)55-58-56(60-57(59-55)49-27-13-25-46-45-23-8-10-30-52(45)62-54(46)49)48-26-14-29-51-53(48)47-24-7-9-28-50(47)61(51)44-21-5-2-6-22-44/h1-36H. The molecule has 0 spiro atoms. The van der Waals surface area contributed by atoms with Crippen LogP contribution in [0.2, 0.25) is 0 Å². The average molecular weight is 809 g/mol. The molecule has 0 bridgehead atoms. The highest BCUT2D eigenvalue weighted by atomic mass is 32.1.